The van der Waals surface area contributed by atoms with E-state index in [1.54, 1.807) is 0 Å². The monoisotopic (exact) mass is 239 g/mol. The Bertz CT molecular complexity index is 484. The SMILES string of the molecule is CC(=O)Oc1c([N+](=O)[O-])ccc2c1OCCO2. The molecule has 0 saturated carbocycles. The molecular weight excluding hydrogens is 230 g/mol. The largest absolute Gasteiger partial charge is 0.486 e. The summed E-state index contributed by atoms with van der Waals surface area (Å²) in [7, 11) is 0. The van der Waals surface area contributed by atoms with Crippen LogP contribution in [0.3, 0.4) is 0 Å². The lowest BCUT2D eigenvalue weighted by atomic mass is 10.2. The van der Waals surface area contributed by atoms with Crippen molar-refractivity contribution in [3.8, 4) is 17.2 Å². The predicted molar refractivity (Wildman–Crippen MR) is 55.4 cm³/mol. The number of esters is 1. The highest BCUT2D eigenvalue weighted by Crippen LogP contribution is 2.45. The zero-order valence-corrected chi connectivity index (χ0v) is 8.97. The molecule has 0 N–H and O–H groups in total. The Labute approximate surface area is 96.0 Å². The number of hydrogen-bond acceptors (Lipinski definition) is 6. The van der Waals surface area contributed by atoms with Crippen molar-refractivity contribution < 1.29 is 23.9 Å². The number of carbonyl (C=O) groups is 1. The van der Waals surface area contributed by atoms with E-state index in [0.29, 0.717) is 12.4 Å². The molecule has 0 bridgehead atoms. The summed E-state index contributed by atoms with van der Waals surface area (Å²) in [4.78, 5) is 21.1. The maximum Gasteiger partial charge on any atom is 0.315 e. The summed E-state index contributed by atoms with van der Waals surface area (Å²) in [5.41, 5.74) is -0.329. The van der Waals surface area contributed by atoms with E-state index in [1.165, 1.54) is 12.1 Å². The van der Waals surface area contributed by atoms with Gasteiger partial charge >= 0.3 is 11.7 Å². The number of nitro groups is 1. The summed E-state index contributed by atoms with van der Waals surface area (Å²) in [6, 6.07) is 2.63. The van der Waals surface area contributed by atoms with E-state index in [9.17, 15) is 14.9 Å². The molecule has 1 aromatic rings. The number of benzene rings is 1. The maximum atomic E-state index is 10.9. The van der Waals surface area contributed by atoms with Crippen LogP contribution in [-0.4, -0.2) is 24.1 Å². The fourth-order valence-corrected chi connectivity index (χ4v) is 1.47. The van der Waals surface area contributed by atoms with E-state index in [1.807, 2.05) is 0 Å². The second kappa shape index (κ2) is 4.28. The minimum Gasteiger partial charge on any atom is -0.486 e. The van der Waals surface area contributed by atoms with Gasteiger partial charge in [-0.15, -0.1) is 0 Å². The minimum absolute atomic E-state index is 0.0978. The van der Waals surface area contributed by atoms with Gasteiger partial charge in [0.15, 0.2) is 5.75 Å². The number of nitro benzene ring substituents is 1. The third kappa shape index (κ3) is 2.12. The Morgan fingerprint density at radius 3 is 2.76 bits per heavy atom. The van der Waals surface area contributed by atoms with Crippen LogP contribution in [0.1, 0.15) is 6.92 Å². The molecule has 7 heteroatoms. The van der Waals surface area contributed by atoms with Crippen molar-refractivity contribution >= 4 is 11.7 Å². The van der Waals surface area contributed by atoms with Gasteiger partial charge in [-0.2, -0.15) is 0 Å². The first-order valence-corrected chi connectivity index (χ1v) is 4.85. The molecule has 90 valence electrons. The highest BCUT2D eigenvalue weighted by Gasteiger charge is 2.27. The normalized spacial score (nSPS) is 13.0. The molecule has 0 aliphatic carbocycles. The smallest absolute Gasteiger partial charge is 0.315 e. The maximum absolute atomic E-state index is 10.9. The Morgan fingerprint density at radius 2 is 2.12 bits per heavy atom. The van der Waals surface area contributed by atoms with Crippen LogP contribution in [0.25, 0.3) is 0 Å². The fraction of sp³-hybridized carbons (Fsp3) is 0.300. The lowest BCUT2D eigenvalue weighted by molar-refractivity contribution is -0.385. The molecule has 0 fully saturated rings. The summed E-state index contributed by atoms with van der Waals surface area (Å²) in [6.07, 6.45) is 0. The number of carbonyl (C=O) groups excluding carboxylic acids is 1. The van der Waals surface area contributed by atoms with Crippen molar-refractivity contribution in [1.29, 1.82) is 0 Å². The van der Waals surface area contributed by atoms with Gasteiger partial charge in [0.1, 0.15) is 13.2 Å². The van der Waals surface area contributed by atoms with Gasteiger partial charge in [0.25, 0.3) is 5.75 Å². The number of ether oxygens (including phenoxy) is 3. The van der Waals surface area contributed by atoms with Gasteiger partial charge in [0.2, 0.25) is 5.75 Å². The van der Waals surface area contributed by atoms with Gasteiger partial charge in [-0.3, -0.25) is 14.9 Å². The van der Waals surface area contributed by atoms with Gasteiger partial charge < -0.3 is 14.2 Å². The van der Waals surface area contributed by atoms with Crippen molar-refractivity contribution in [2.24, 2.45) is 0 Å². The van der Waals surface area contributed by atoms with Crippen LogP contribution in [0.15, 0.2) is 12.1 Å². The van der Waals surface area contributed by atoms with Gasteiger partial charge in [-0.1, -0.05) is 0 Å². The lowest BCUT2D eigenvalue weighted by Gasteiger charge is -2.19. The van der Waals surface area contributed by atoms with Gasteiger partial charge in [-0.25, -0.2) is 0 Å². The molecule has 0 spiro atoms. The summed E-state index contributed by atoms with van der Waals surface area (Å²) >= 11 is 0. The standard InChI is InChI=1S/C10H9NO6/c1-6(12)17-9-7(11(13)14)2-3-8-10(9)16-5-4-15-8/h2-3H,4-5H2,1H3. The van der Waals surface area contributed by atoms with Crippen molar-refractivity contribution in [2.75, 3.05) is 13.2 Å². The van der Waals surface area contributed by atoms with E-state index >= 15 is 0 Å². The third-order valence-electron chi connectivity index (χ3n) is 2.09. The van der Waals surface area contributed by atoms with Crippen LogP contribution < -0.4 is 14.2 Å². The average Bonchev–Trinajstić information content (AvgIpc) is 2.28. The lowest BCUT2D eigenvalue weighted by Crippen LogP contribution is -2.17. The van der Waals surface area contributed by atoms with Crippen LogP contribution in [0.2, 0.25) is 0 Å². The molecule has 0 atom stereocenters. The molecule has 1 aromatic carbocycles. The zero-order chi connectivity index (χ0) is 12.4. The molecule has 0 unspecified atom stereocenters. The number of hydrogen-bond donors (Lipinski definition) is 0. The molecule has 17 heavy (non-hydrogen) atoms. The molecule has 0 saturated heterocycles. The Hall–Kier alpha value is -2.31. The fourth-order valence-electron chi connectivity index (χ4n) is 1.47. The molecule has 0 amide bonds. The van der Waals surface area contributed by atoms with E-state index < -0.39 is 10.9 Å². The molecular formula is C10H9NO6. The van der Waals surface area contributed by atoms with Crippen molar-refractivity contribution in [3.63, 3.8) is 0 Å². The van der Waals surface area contributed by atoms with Crippen molar-refractivity contribution in [1.82, 2.24) is 0 Å². The quantitative estimate of drug-likeness (QED) is 0.334. The third-order valence-corrected chi connectivity index (χ3v) is 2.09. The van der Waals surface area contributed by atoms with Crippen LogP contribution in [0.4, 0.5) is 5.69 Å². The summed E-state index contributed by atoms with van der Waals surface area (Å²) in [6.45, 7) is 1.76. The molecule has 0 aromatic heterocycles. The Morgan fingerprint density at radius 1 is 1.41 bits per heavy atom. The first kappa shape index (κ1) is 11.2. The van der Waals surface area contributed by atoms with Crippen LogP contribution >= 0.6 is 0 Å². The highest BCUT2D eigenvalue weighted by atomic mass is 16.6. The van der Waals surface area contributed by atoms with E-state index in [-0.39, 0.29) is 23.8 Å². The Balaban J connectivity index is 2.55. The average molecular weight is 239 g/mol. The number of rotatable bonds is 2. The Kier molecular flexibility index (Phi) is 2.82. The molecule has 0 radical (unpaired) electrons. The topological polar surface area (TPSA) is 87.9 Å². The highest BCUT2D eigenvalue weighted by molar-refractivity contribution is 5.74. The second-order valence-electron chi connectivity index (χ2n) is 3.29. The van der Waals surface area contributed by atoms with Crippen LogP contribution in [0.5, 0.6) is 17.2 Å². The molecule has 1 heterocycles. The number of fused-ring (bicyclic) bond motifs is 1. The molecule has 1 aliphatic heterocycles. The summed E-state index contributed by atoms with van der Waals surface area (Å²) in [5, 5.41) is 10.8. The van der Waals surface area contributed by atoms with E-state index in [2.05, 4.69) is 0 Å². The first-order chi connectivity index (χ1) is 8.09. The van der Waals surface area contributed by atoms with E-state index in [0.717, 1.165) is 6.92 Å². The predicted octanol–water partition coefficient (Wildman–Crippen LogP) is 1.29. The van der Waals surface area contributed by atoms with Crippen LogP contribution in [-0.2, 0) is 4.79 Å². The minimum atomic E-state index is -0.657. The van der Waals surface area contributed by atoms with Gasteiger partial charge in [0.05, 0.1) is 4.92 Å². The molecule has 7 nitrogen and oxygen atoms in total. The summed E-state index contributed by atoms with van der Waals surface area (Å²) in [5.74, 6) is -0.436. The van der Waals surface area contributed by atoms with Gasteiger partial charge in [0, 0.05) is 13.0 Å². The first-order valence-electron chi connectivity index (χ1n) is 4.85. The van der Waals surface area contributed by atoms with E-state index in [4.69, 9.17) is 14.2 Å². The number of nitrogens with zero attached hydrogens (tertiary/aromatic N) is 1. The second-order valence-corrected chi connectivity index (χ2v) is 3.29. The van der Waals surface area contributed by atoms with Crippen LogP contribution in [0, 0.1) is 10.1 Å². The zero-order valence-electron chi connectivity index (χ0n) is 8.97. The molecule has 1 aliphatic rings. The molecule has 2 rings (SSSR count). The van der Waals surface area contributed by atoms with Crippen molar-refractivity contribution in [3.05, 3.63) is 22.2 Å². The summed E-state index contributed by atoms with van der Waals surface area (Å²) < 4.78 is 15.3. The van der Waals surface area contributed by atoms with Crippen molar-refractivity contribution in [2.45, 2.75) is 6.92 Å². The van der Waals surface area contributed by atoms with Gasteiger partial charge in [-0.05, 0) is 6.07 Å².